The summed E-state index contributed by atoms with van der Waals surface area (Å²) in [4.78, 5) is 33.6. The number of likely N-dealkylation sites (tertiary alicyclic amines) is 1. The van der Waals surface area contributed by atoms with Crippen LogP contribution in [-0.4, -0.2) is 85.9 Å². The number of β-lactam (4-membered cyclic amide) rings is 1. The first-order valence-electron chi connectivity index (χ1n) is 12.8. The first-order valence-corrected chi connectivity index (χ1v) is 12.8. The molecule has 1 aromatic heterocycles. The van der Waals surface area contributed by atoms with E-state index in [-0.39, 0.29) is 31.6 Å². The predicted molar refractivity (Wildman–Crippen MR) is 136 cm³/mol. The fraction of sp³-hybridized carbons (Fsp3) is 0.667. The van der Waals surface area contributed by atoms with Crippen molar-refractivity contribution in [3.8, 4) is 0 Å². The van der Waals surface area contributed by atoms with Gasteiger partial charge in [0.1, 0.15) is 13.5 Å². The van der Waals surface area contributed by atoms with E-state index >= 15 is 0 Å². The van der Waals surface area contributed by atoms with E-state index in [1.807, 2.05) is 12.1 Å². The van der Waals surface area contributed by atoms with Crippen LogP contribution in [0.2, 0.25) is 0 Å². The summed E-state index contributed by atoms with van der Waals surface area (Å²) in [6.45, 7) is 8.16. The summed E-state index contributed by atoms with van der Waals surface area (Å²) in [6.07, 6.45) is 7.32. The van der Waals surface area contributed by atoms with E-state index in [0.717, 1.165) is 42.5 Å². The van der Waals surface area contributed by atoms with Crippen molar-refractivity contribution in [1.82, 2.24) is 14.8 Å². The summed E-state index contributed by atoms with van der Waals surface area (Å²) in [5.41, 5.74) is 1.94. The zero-order valence-electron chi connectivity index (χ0n) is 22.3. The normalized spacial score (nSPS) is 22.0. The van der Waals surface area contributed by atoms with Crippen molar-refractivity contribution >= 4 is 17.6 Å². The molecule has 0 spiro atoms. The van der Waals surface area contributed by atoms with Gasteiger partial charge in [0.2, 0.25) is 0 Å². The van der Waals surface area contributed by atoms with Gasteiger partial charge in [0.25, 0.3) is 5.91 Å². The van der Waals surface area contributed by atoms with E-state index in [1.165, 1.54) is 0 Å². The highest BCUT2D eigenvalue weighted by atomic mass is 16.7. The molecule has 0 saturated carbocycles. The quantitative estimate of drug-likeness (QED) is 0.229. The van der Waals surface area contributed by atoms with Gasteiger partial charge in [-0.25, -0.2) is 4.79 Å². The fourth-order valence-corrected chi connectivity index (χ4v) is 4.87. The topological polar surface area (TPSA) is 90.4 Å². The molecule has 3 rings (SSSR count). The van der Waals surface area contributed by atoms with Gasteiger partial charge in [-0.1, -0.05) is 33.3 Å². The van der Waals surface area contributed by atoms with Crippen molar-refractivity contribution in [3.05, 3.63) is 35.7 Å². The Hall–Kier alpha value is -2.49. The first kappa shape index (κ1) is 28.1. The van der Waals surface area contributed by atoms with E-state index < -0.39 is 5.60 Å². The molecule has 1 aromatic rings. The second-order valence-corrected chi connectivity index (χ2v) is 9.88. The predicted octanol–water partition coefficient (Wildman–Crippen LogP) is 3.87. The number of rotatable bonds is 13. The number of carbonyl (C=O) groups excluding carboxylic acids is 2. The fourth-order valence-electron chi connectivity index (χ4n) is 4.87. The molecule has 36 heavy (non-hydrogen) atoms. The van der Waals surface area contributed by atoms with E-state index in [0.29, 0.717) is 32.0 Å². The average Bonchev–Trinajstić information content (AvgIpc) is 2.88. The monoisotopic (exact) mass is 503 g/mol. The zero-order valence-corrected chi connectivity index (χ0v) is 22.3. The van der Waals surface area contributed by atoms with Crippen LogP contribution in [0.3, 0.4) is 0 Å². The third kappa shape index (κ3) is 6.44. The smallest absolute Gasteiger partial charge is 0.410 e. The SMILES string of the molecule is CCCCOC(=O)N1CC=C(c2ccnc(C[C@]3(OCOC)C(=O)N(COC)[C@H]3CC(C)C)c2)CC1. The van der Waals surface area contributed by atoms with Gasteiger partial charge in [0, 0.05) is 45.6 Å². The number of hydrogen-bond donors (Lipinski definition) is 0. The van der Waals surface area contributed by atoms with E-state index in [1.54, 1.807) is 30.2 Å². The van der Waals surface area contributed by atoms with Crippen LogP contribution in [0.5, 0.6) is 0 Å². The molecule has 2 amide bonds. The molecular weight excluding hydrogens is 462 g/mol. The van der Waals surface area contributed by atoms with Crippen LogP contribution in [-0.2, 0) is 30.2 Å². The minimum absolute atomic E-state index is 0.0240. The van der Waals surface area contributed by atoms with Crippen molar-refractivity contribution in [2.24, 2.45) is 5.92 Å². The largest absolute Gasteiger partial charge is 0.449 e. The standard InChI is InChI=1S/C27H41N3O6/c1-6-7-14-35-26(32)29-12-9-21(10-13-29)22-8-11-28-23(16-22)17-27(36-19-34-5)24(15-20(2)3)30(18-33-4)25(27)31/h8-9,11,16,20,24H,6-7,10,12-15,17-19H2,1-5H3/t24-,27+/m0/s1. The van der Waals surface area contributed by atoms with Crippen LogP contribution in [0.4, 0.5) is 4.79 Å². The van der Waals surface area contributed by atoms with Gasteiger partial charge in [0.05, 0.1) is 12.6 Å². The number of pyridine rings is 1. The molecule has 0 aliphatic carbocycles. The molecule has 0 unspecified atom stereocenters. The summed E-state index contributed by atoms with van der Waals surface area (Å²) in [5.74, 6) is 0.268. The number of hydrogen-bond acceptors (Lipinski definition) is 7. The maximum atomic E-state index is 13.3. The minimum atomic E-state index is -1.04. The Morgan fingerprint density at radius 2 is 2.08 bits per heavy atom. The highest BCUT2D eigenvalue weighted by Crippen LogP contribution is 2.41. The van der Waals surface area contributed by atoms with Crippen LogP contribution < -0.4 is 0 Å². The lowest BCUT2D eigenvalue weighted by Crippen LogP contribution is -2.76. The van der Waals surface area contributed by atoms with Gasteiger partial charge in [-0.05, 0) is 48.4 Å². The summed E-state index contributed by atoms with van der Waals surface area (Å²) in [7, 11) is 3.14. The second-order valence-electron chi connectivity index (χ2n) is 9.88. The van der Waals surface area contributed by atoms with Crippen molar-refractivity contribution in [2.75, 3.05) is 47.4 Å². The molecule has 2 atom stereocenters. The minimum Gasteiger partial charge on any atom is -0.449 e. The highest BCUT2D eigenvalue weighted by Gasteiger charge is 2.62. The number of carbonyl (C=O) groups is 2. The number of aromatic nitrogens is 1. The third-order valence-electron chi connectivity index (χ3n) is 6.76. The molecule has 1 fully saturated rings. The molecule has 9 heteroatoms. The highest BCUT2D eigenvalue weighted by molar-refractivity contribution is 5.93. The van der Waals surface area contributed by atoms with Crippen molar-refractivity contribution in [3.63, 3.8) is 0 Å². The van der Waals surface area contributed by atoms with Crippen LogP contribution in [0, 0.1) is 5.92 Å². The van der Waals surface area contributed by atoms with Gasteiger partial charge < -0.3 is 28.7 Å². The lowest BCUT2D eigenvalue weighted by Gasteiger charge is -2.55. The summed E-state index contributed by atoms with van der Waals surface area (Å²) >= 11 is 0. The lowest BCUT2D eigenvalue weighted by molar-refractivity contribution is -0.235. The maximum absolute atomic E-state index is 13.3. The molecule has 0 N–H and O–H groups in total. The molecule has 9 nitrogen and oxygen atoms in total. The summed E-state index contributed by atoms with van der Waals surface area (Å²) < 4.78 is 21.9. The van der Waals surface area contributed by atoms with E-state index in [2.05, 4.69) is 31.8 Å². The Bertz CT molecular complexity index is 921. The van der Waals surface area contributed by atoms with Crippen molar-refractivity contribution < 1.29 is 28.5 Å². The Morgan fingerprint density at radius 3 is 2.72 bits per heavy atom. The Kier molecular flexibility index (Phi) is 10.3. The first-order chi connectivity index (χ1) is 17.4. The Labute approximate surface area is 214 Å². The maximum Gasteiger partial charge on any atom is 0.410 e. The van der Waals surface area contributed by atoms with Gasteiger partial charge in [0.15, 0.2) is 5.60 Å². The van der Waals surface area contributed by atoms with Gasteiger partial charge in [-0.15, -0.1) is 0 Å². The number of nitrogens with zero attached hydrogens (tertiary/aromatic N) is 3. The van der Waals surface area contributed by atoms with Gasteiger partial charge in [-0.3, -0.25) is 9.78 Å². The van der Waals surface area contributed by atoms with E-state index in [9.17, 15) is 9.59 Å². The van der Waals surface area contributed by atoms with Crippen molar-refractivity contribution in [2.45, 2.75) is 64.5 Å². The number of amides is 2. The number of ether oxygens (including phenoxy) is 4. The molecule has 0 radical (unpaired) electrons. The number of unbranched alkanes of at least 4 members (excludes halogenated alkanes) is 1. The molecule has 1 saturated heterocycles. The molecular formula is C27H41N3O6. The number of methoxy groups -OCH3 is 2. The van der Waals surface area contributed by atoms with Crippen LogP contribution in [0.1, 0.15) is 57.7 Å². The second kappa shape index (κ2) is 13.2. The summed E-state index contributed by atoms with van der Waals surface area (Å²) in [5, 5.41) is 0. The Morgan fingerprint density at radius 1 is 1.28 bits per heavy atom. The molecule has 2 aliphatic heterocycles. The van der Waals surface area contributed by atoms with Gasteiger partial charge in [-0.2, -0.15) is 0 Å². The van der Waals surface area contributed by atoms with E-state index in [4.69, 9.17) is 18.9 Å². The molecule has 3 heterocycles. The molecule has 0 aromatic carbocycles. The molecule has 0 bridgehead atoms. The lowest BCUT2D eigenvalue weighted by atomic mass is 9.74. The summed E-state index contributed by atoms with van der Waals surface area (Å²) in [6, 6.07) is 3.86. The van der Waals surface area contributed by atoms with Crippen LogP contribution in [0.15, 0.2) is 24.4 Å². The Balaban J connectivity index is 1.76. The zero-order chi connectivity index (χ0) is 26.1. The average molecular weight is 504 g/mol. The van der Waals surface area contributed by atoms with Gasteiger partial charge >= 0.3 is 6.09 Å². The molecule has 2 aliphatic rings. The third-order valence-corrected chi connectivity index (χ3v) is 6.76. The van der Waals surface area contributed by atoms with Crippen LogP contribution >= 0.6 is 0 Å². The van der Waals surface area contributed by atoms with Crippen molar-refractivity contribution in [1.29, 1.82) is 0 Å². The molecule has 200 valence electrons. The van der Waals surface area contributed by atoms with Crippen LogP contribution in [0.25, 0.3) is 5.57 Å².